The Kier molecular flexibility index (Phi) is 3.10. The van der Waals surface area contributed by atoms with E-state index in [4.69, 9.17) is 11.6 Å². The first-order valence-corrected chi connectivity index (χ1v) is 4.14. The summed E-state index contributed by atoms with van der Waals surface area (Å²) >= 11 is 4.76. The molecule has 0 amide bonds. The van der Waals surface area contributed by atoms with Crippen molar-refractivity contribution in [1.29, 1.82) is 0 Å². The molecule has 0 aromatic carbocycles. The Hall–Kier alpha value is -0.130. The maximum atomic E-state index is 10.1. The second-order valence-electron chi connectivity index (χ2n) is 1.32. The standard InChI is InChI=1S/C3H5ClO4S/c1-9(6,7)8-2-3(4)5/h2H2,1H3. The SMILES string of the molecule is CS(=O)(=O)OCC(=O)Cl. The number of rotatable bonds is 3. The predicted molar refractivity (Wildman–Crippen MR) is 31.7 cm³/mol. The highest BCUT2D eigenvalue weighted by Crippen LogP contribution is 1.88. The fourth-order valence-corrected chi connectivity index (χ4v) is 0.594. The quantitative estimate of drug-likeness (QED) is 0.434. The maximum Gasteiger partial charge on any atom is 0.264 e. The van der Waals surface area contributed by atoms with Crippen molar-refractivity contribution in [2.75, 3.05) is 12.9 Å². The van der Waals surface area contributed by atoms with Crippen molar-refractivity contribution in [2.45, 2.75) is 0 Å². The molecule has 0 aromatic heterocycles. The van der Waals surface area contributed by atoms with Gasteiger partial charge in [0.05, 0.1) is 6.26 Å². The molecule has 0 spiro atoms. The van der Waals surface area contributed by atoms with Gasteiger partial charge in [-0.1, -0.05) is 0 Å². The minimum absolute atomic E-state index is 0.597. The molecular formula is C3H5ClO4S. The summed E-state index contributed by atoms with van der Waals surface area (Å²) < 4.78 is 24.2. The van der Waals surface area contributed by atoms with Gasteiger partial charge in [0.25, 0.3) is 10.1 Å². The molecule has 0 rings (SSSR count). The summed E-state index contributed by atoms with van der Waals surface area (Å²) in [6.07, 6.45) is 0.840. The third-order valence-corrected chi connectivity index (χ3v) is 1.04. The van der Waals surface area contributed by atoms with Gasteiger partial charge in [-0.3, -0.25) is 8.98 Å². The summed E-state index contributed by atoms with van der Waals surface area (Å²) in [6, 6.07) is 0. The minimum atomic E-state index is -3.52. The fourth-order valence-electron chi connectivity index (χ4n) is 0.153. The van der Waals surface area contributed by atoms with Crippen molar-refractivity contribution in [2.24, 2.45) is 0 Å². The lowest BCUT2D eigenvalue weighted by molar-refractivity contribution is -0.113. The average Bonchev–Trinajstić information content (AvgIpc) is 1.59. The lowest BCUT2D eigenvalue weighted by Crippen LogP contribution is -2.08. The van der Waals surface area contributed by atoms with E-state index in [2.05, 4.69) is 4.18 Å². The molecule has 0 heterocycles. The summed E-state index contributed by atoms with van der Waals surface area (Å²) in [4.78, 5) is 9.87. The smallest absolute Gasteiger partial charge is 0.264 e. The highest BCUT2D eigenvalue weighted by molar-refractivity contribution is 7.86. The normalized spacial score (nSPS) is 11.3. The van der Waals surface area contributed by atoms with Gasteiger partial charge in [0.15, 0.2) is 0 Å². The molecule has 0 saturated heterocycles. The largest absolute Gasteiger partial charge is 0.279 e. The molecular weight excluding hydrogens is 168 g/mol. The van der Waals surface area contributed by atoms with Crippen LogP contribution in [-0.4, -0.2) is 26.5 Å². The van der Waals surface area contributed by atoms with Crippen molar-refractivity contribution < 1.29 is 17.4 Å². The van der Waals surface area contributed by atoms with Crippen LogP contribution in [0.3, 0.4) is 0 Å². The first kappa shape index (κ1) is 8.87. The maximum absolute atomic E-state index is 10.1. The van der Waals surface area contributed by atoms with E-state index < -0.39 is 22.0 Å². The number of carbonyl (C=O) groups excluding carboxylic acids is 1. The van der Waals surface area contributed by atoms with E-state index in [1.165, 1.54) is 0 Å². The Morgan fingerprint density at radius 1 is 1.67 bits per heavy atom. The van der Waals surface area contributed by atoms with Crippen LogP contribution in [0.25, 0.3) is 0 Å². The van der Waals surface area contributed by atoms with Gasteiger partial charge in [0, 0.05) is 0 Å². The molecule has 0 fully saturated rings. The number of hydrogen-bond donors (Lipinski definition) is 0. The molecule has 0 aliphatic carbocycles. The third kappa shape index (κ3) is 7.87. The third-order valence-electron chi connectivity index (χ3n) is 0.386. The van der Waals surface area contributed by atoms with Crippen molar-refractivity contribution in [3.05, 3.63) is 0 Å². The van der Waals surface area contributed by atoms with Crippen LogP contribution in [0.4, 0.5) is 0 Å². The molecule has 0 atom stereocenters. The topological polar surface area (TPSA) is 60.4 Å². The molecule has 0 bridgehead atoms. The summed E-state index contributed by atoms with van der Waals surface area (Å²) in [5.41, 5.74) is 0. The van der Waals surface area contributed by atoms with Crippen LogP contribution >= 0.6 is 11.6 Å². The monoisotopic (exact) mass is 172 g/mol. The molecule has 9 heavy (non-hydrogen) atoms. The van der Waals surface area contributed by atoms with Crippen molar-refractivity contribution in [1.82, 2.24) is 0 Å². The highest BCUT2D eigenvalue weighted by Gasteiger charge is 2.03. The van der Waals surface area contributed by atoms with Gasteiger partial charge >= 0.3 is 0 Å². The van der Waals surface area contributed by atoms with Gasteiger partial charge in [0.2, 0.25) is 5.24 Å². The Morgan fingerprint density at radius 3 is 2.22 bits per heavy atom. The van der Waals surface area contributed by atoms with Crippen LogP contribution in [0.2, 0.25) is 0 Å². The van der Waals surface area contributed by atoms with Crippen molar-refractivity contribution >= 4 is 27.0 Å². The second kappa shape index (κ2) is 3.14. The van der Waals surface area contributed by atoms with Crippen molar-refractivity contribution in [3.63, 3.8) is 0 Å². The molecule has 0 aliphatic heterocycles. The molecule has 0 aliphatic rings. The zero-order valence-corrected chi connectivity index (χ0v) is 6.20. The molecule has 0 unspecified atom stereocenters. The lowest BCUT2D eigenvalue weighted by atomic mass is 10.8. The van der Waals surface area contributed by atoms with Crippen LogP contribution < -0.4 is 0 Å². The summed E-state index contributed by atoms with van der Waals surface area (Å²) in [5, 5.41) is -0.833. The van der Waals surface area contributed by atoms with E-state index in [1.54, 1.807) is 0 Å². The average molecular weight is 173 g/mol. The minimum Gasteiger partial charge on any atom is -0.279 e. The molecule has 0 N–H and O–H groups in total. The molecule has 6 heteroatoms. The Balaban J connectivity index is 3.67. The molecule has 54 valence electrons. The van der Waals surface area contributed by atoms with Gasteiger partial charge in [-0.05, 0) is 11.6 Å². The number of hydrogen-bond acceptors (Lipinski definition) is 4. The fraction of sp³-hybridized carbons (Fsp3) is 0.667. The molecule has 0 saturated carbocycles. The van der Waals surface area contributed by atoms with E-state index >= 15 is 0 Å². The van der Waals surface area contributed by atoms with Crippen LogP contribution in [0.5, 0.6) is 0 Å². The zero-order valence-electron chi connectivity index (χ0n) is 4.63. The van der Waals surface area contributed by atoms with E-state index in [0.717, 1.165) is 6.26 Å². The first-order valence-electron chi connectivity index (χ1n) is 1.94. The number of carbonyl (C=O) groups is 1. The van der Waals surface area contributed by atoms with Gasteiger partial charge in [0.1, 0.15) is 6.61 Å². The van der Waals surface area contributed by atoms with E-state index in [9.17, 15) is 13.2 Å². The van der Waals surface area contributed by atoms with Crippen LogP contribution in [-0.2, 0) is 19.1 Å². The van der Waals surface area contributed by atoms with E-state index in [1.807, 2.05) is 0 Å². The molecule has 0 radical (unpaired) electrons. The summed E-state index contributed by atoms with van der Waals surface area (Å²) in [6.45, 7) is -0.597. The van der Waals surface area contributed by atoms with E-state index in [-0.39, 0.29) is 0 Å². The lowest BCUT2D eigenvalue weighted by Gasteiger charge is -1.92. The van der Waals surface area contributed by atoms with E-state index in [0.29, 0.717) is 0 Å². The zero-order chi connectivity index (χ0) is 7.49. The van der Waals surface area contributed by atoms with Gasteiger partial charge < -0.3 is 0 Å². The van der Waals surface area contributed by atoms with Crippen LogP contribution in [0, 0.1) is 0 Å². The molecule has 4 nitrogen and oxygen atoms in total. The summed E-state index contributed by atoms with van der Waals surface area (Å²) in [7, 11) is -3.52. The second-order valence-corrected chi connectivity index (χ2v) is 3.39. The Morgan fingerprint density at radius 2 is 2.11 bits per heavy atom. The van der Waals surface area contributed by atoms with Gasteiger partial charge in [-0.15, -0.1) is 0 Å². The Bertz CT molecular complexity index is 194. The highest BCUT2D eigenvalue weighted by atomic mass is 35.5. The molecule has 0 aromatic rings. The van der Waals surface area contributed by atoms with Crippen LogP contribution in [0.15, 0.2) is 0 Å². The van der Waals surface area contributed by atoms with Crippen LogP contribution in [0.1, 0.15) is 0 Å². The predicted octanol–water partition coefficient (Wildman–Crippen LogP) is -0.272. The van der Waals surface area contributed by atoms with Gasteiger partial charge in [-0.25, -0.2) is 0 Å². The Labute approximate surface area is 57.9 Å². The first-order chi connectivity index (χ1) is 3.92. The summed E-state index contributed by atoms with van der Waals surface area (Å²) in [5.74, 6) is 0. The number of halogens is 1. The van der Waals surface area contributed by atoms with Gasteiger partial charge in [-0.2, -0.15) is 8.42 Å². The van der Waals surface area contributed by atoms with Crippen molar-refractivity contribution in [3.8, 4) is 0 Å².